The summed E-state index contributed by atoms with van der Waals surface area (Å²) in [5.41, 5.74) is 3.58. The number of hydrogen-bond acceptors (Lipinski definition) is 13. The van der Waals surface area contributed by atoms with Gasteiger partial charge in [-0.2, -0.15) is 11.8 Å². The fraction of sp³-hybridized carbons (Fsp3) is 0.186. The predicted octanol–water partition coefficient (Wildman–Crippen LogP) is 6.11. The molecule has 1 aromatic heterocycles. The van der Waals surface area contributed by atoms with Crippen LogP contribution in [-0.4, -0.2) is 81.5 Å². The van der Waals surface area contributed by atoms with Crippen molar-refractivity contribution in [2.45, 2.75) is 23.6 Å². The summed E-state index contributed by atoms with van der Waals surface area (Å²) in [5, 5.41) is 10.2. The third-order valence-corrected chi connectivity index (χ3v) is 12.0. The summed E-state index contributed by atoms with van der Waals surface area (Å²) in [4.78, 5) is 77.4. The first kappa shape index (κ1) is 40.9. The Bertz CT molecular complexity index is 2270. The van der Waals surface area contributed by atoms with E-state index in [1.807, 2.05) is 128 Å². The van der Waals surface area contributed by atoms with E-state index >= 15 is 0 Å². The lowest BCUT2D eigenvalue weighted by atomic mass is 10.0. The predicted molar refractivity (Wildman–Crippen MR) is 226 cm³/mol. The van der Waals surface area contributed by atoms with E-state index in [1.165, 1.54) is 33.8 Å². The highest BCUT2D eigenvalue weighted by Crippen LogP contribution is 2.42. The minimum atomic E-state index is -1.05. The van der Waals surface area contributed by atoms with Gasteiger partial charge in [0, 0.05) is 16.9 Å². The van der Waals surface area contributed by atoms with Gasteiger partial charge in [0.15, 0.2) is 23.1 Å². The average molecular weight is 848 g/mol. The van der Waals surface area contributed by atoms with Crippen LogP contribution >= 0.6 is 34.9 Å². The van der Waals surface area contributed by atoms with Gasteiger partial charge in [-0.1, -0.05) is 126 Å². The fourth-order valence-electron chi connectivity index (χ4n) is 6.52. The van der Waals surface area contributed by atoms with Crippen LogP contribution in [-0.2, 0) is 38.3 Å². The third-order valence-electron chi connectivity index (χ3n) is 9.21. The van der Waals surface area contributed by atoms with E-state index in [1.54, 1.807) is 0 Å². The molecule has 2 atom stereocenters. The van der Waals surface area contributed by atoms with E-state index in [9.17, 15) is 24.0 Å². The number of fused-ring (bicyclic) bond motifs is 1. The maximum atomic E-state index is 14.2. The maximum Gasteiger partial charge on any atom is 0.356 e. The second-order valence-electron chi connectivity index (χ2n) is 13.1. The van der Waals surface area contributed by atoms with Crippen LogP contribution in [0.1, 0.15) is 40.2 Å². The Balaban J connectivity index is 1.08. The van der Waals surface area contributed by atoms with Gasteiger partial charge in [-0.25, -0.2) is 14.6 Å². The molecule has 7 rings (SSSR count). The summed E-state index contributed by atoms with van der Waals surface area (Å²) in [5.74, 6) is -1.86. The monoisotopic (exact) mass is 847 g/mol. The molecule has 0 radical (unpaired) electrons. The first-order chi connectivity index (χ1) is 28.9. The lowest BCUT2D eigenvalue weighted by molar-refractivity contribution is -0.154. The maximum absolute atomic E-state index is 14.2. The van der Waals surface area contributed by atoms with Crippen molar-refractivity contribution in [1.82, 2.24) is 15.2 Å². The Kier molecular flexibility index (Phi) is 13.5. The summed E-state index contributed by atoms with van der Waals surface area (Å²) in [6, 6.07) is 36.1. The van der Waals surface area contributed by atoms with E-state index in [4.69, 9.17) is 14.3 Å². The molecule has 1 unspecified atom stereocenters. The number of β-lactam (4-membered cyclic amide) rings is 1. The lowest BCUT2D eigenvalue weighted by Gasteiger charge is -2.49. The van der Waals surface area contributed by atoms with Crippen LogP contribution < -0.4 is 10.6 Å². The van der Waals surface area contributed by atoms with Crippen LogP contribution in [0.5, 0.6) is 0 Å². The number of benzene rings is 4. The first-order valence-corrected chi connectivity index (χ1v) is 21.6. The van der Waals surface area contributed by atoms with Crippen molar-refractivity contribution in [3.8, 4) is 0 Å². The van der Waals surface area contributed by atoms with Crippen molar-refractivity contribution >= 4 is 75.9 Å². The van der Waals surface area contributed by atoms with Crippen molar-refractivity contribution < 1.29 is 38.3 Å². The number of carbonyl (C=O) groups is 5. The second kappa shape index (κ2) is 19.5. The molecule has 0 spiro atoms. The number of anilines is 1. The number of nitrogens with zero attached hydrogens (tertiary/aromatic N) is 3. The highest BCUT2D eigenvalue weighted by molar-refractivity contribution is 8.00. The zero-order valence-corrected chi connectivity index (χ0v) is 33.9. The largest absolute Gasteiger partial charge is 0.450 e. The summed E-state index contributed by atoms with van der Waals surface area (Å²) >= 11 is 3.95. The Morgan fingerprint density at radius 2 is 1.41 bits per heavy atom. The zero-order valence-electron chi connectivity index (χ0n) is 31.5. The number of esters is 2. The minimum absolute atomic E-state index is 0.0240. The molecule has 1 saturated heterocycles. The number of thioether (sulfide) groups is 2. The van der Waals surface area contributed by atoms with Crippen molar-refractivity contribution in [3.63, 3.8) is 0 Å². The topological polar surface area (TPSA) is 166 Å². The Morgan fingerprint density at radius 3 is 1.93 bits per heavy atom. The van der Waals surface area contributed by atoms with Crippen LogP contribution in [0.15, 0.2) is 143 Å². The van der Waals surface area contributed by atoms with Crippen LogP contribution in [0.4, 0.5) is 5.13 Å². The molecule has 0 bridgehead atoms. The van der Waals surface area contributed by atoms with Gasteiger partial charge >= 0.3 is 11.9 Å². The Hall–Kier alpha value is -6.23. The molecule has 300 valence electrons. The molecule has 0 saturated carbocycles. The summed E-state index contributed by atoms with van der Waals surface area (Å²) < 4.78 is 12.0. The lowest BCUT2D eigenvalue weighted by Crippen LogP contribution is -2.71. The number of nitrogens with one attached hydrogen (secondary N) is 2. The molecule has 2 aliphatic rings. The second-order valence-corrected chi connectivity index (χ2v) is 15.9. The zero-order chi connectivity index (χ0) is 41.1. The smallest absolute Gasteiger partial charge is 0.356 e. The number of oxime groups is 1. The summed E-state index contributed by atoms with van der Waals surface area (Å²) in [7, 11) is 0. The molecule has 59 heavy (non-hydrogen) atoms. The van der Waals surface area contributed by atoms with Gasteiger partial charge in [0.2, 0.25) is 13.0 Å². The number of amides is 3. The summed E-state index contributed by atoms with van der Waals surface area (Å²) in [6.07, 6.45) is 0.884. The molecule has 4 aromatic carbocycles. The molecule has 3 heterocycles. The molecular formula is C43H37N5O8S3. The van der Waals surface area contributed by atoms with Crippen molar-refractivity contribution in [1.29, 1.82) is 0 Å². The summed E-state index contributed by atoms with van der Waals surface area (Å²) in [6.45, 7) is -0.660. The molecule has 3 amide bonds. The van der Waals surface area contributed by atoms with Gasteiger partial charge in [-0.05, 0) is 34.1 Å². The van der Waals surface area contributed by atoms with E-state index < -0.39 is 54.0 Å². The van der Waals surface area contributed by atoms with E-state index in [0.717, 1.165) is 39.2 Å². The fourth-order valence-corrected chi connectivity index (χ4v) is 9.23. The molecule has 13 nitrogen and oxygen atoms in total. The average Bonchev–Trinajstić information content (AvgIpc) is 3.74. The van der Waals surface area contributed by atoms with Gasteiger partial charge in [0.25, 0.3) is 11.8 Å². The van der Waals surface area contributed by atoms with Crippen molar-refractivity contribution in [2.75, 3.05) is 29.7 Å². The van der Waals surface area contributed by atoms with Gasteiger partial charge in [-0.3, -0.25) is 19.3 Å². The molecule has 16 heteroatoms. The first-order valence-electron chi connectivity index (χ1n) is 18.3. The molecule has 5 aromatic rings. The quantitative estimate of drug-likeness (QED) is 0.0365. The highest BCUT2D eigenvalue weighted by atomic mass is 32.2. The van der Waals surface area contributed by atoms with E-state index in [2.05, 4.69) is 20.8 Å². The normalized spacial score (nSPS) is 16.2. The molecular weight excluding hydrogens is 811 g/mol. The number of hydrogen-bond donors (Lipinski definition) is 2. The van der Waals surface area contributed by atoms with Gasteiger partial charge in [-0.15, -0.1) is 23.1 Å². The Labute approximate surface area is 352 Å². The SMILES string of the molecule is CSCC1=C(C(=O)OC(c2ccccc2)c2ccccc2)N2C(=O)C(NC(=O)C(=NOCC(=O)OC(c3ccccc3)c3ccccc3)c3csc(NC=O)n3)[C@@H]2SC1. The van der Waals surface area contributed by atoms with Crippen molar-refractivity contribution in [2.24, 2.45) is 5.16 Å². The number of ether oxygens (including phenoxy) is 2. The third kappa shape index (κ3) is 9.57. The molecule has 2 N–H and O–H groups in total. The number of aromatic nitrogens is 1. The van der Waals surface area contributed by atoms with Crippen LogP contribution in [0.2, 0.25) is 0 Å². The number of thiazole rings is 1. The van der Waals surface area contributed by atoms with Crippen LogP contribution in [0, 0.1) is 0 Å². The van der Waals surface area contributed by atoms with E-state index in [0.29, 0.717) is 17.9 Å². The molecule has 1 fully saturated rings. The number of carbonyl (C=O) groups excluding carboxylic acids is 5. The van der Waals surface area contributed by atoms with Gasteiger partial charge in [0.1, 0.15) is 22.8 Å². The Morgan fingerprint density at radius 1 is 0.864 bits per heavy atom. The molecule has 2 aliphatic heterocycles. The number of rotatable bonds is 17. The van der Waals surface area contributed by atoms with Crippen molar-refractivity contribution in [3.05, 3.63) is 166 Å². The van der Waals surface area contributed by atoms with Gasteiger partial charge in [0.05, 0.1) is 0 Å². The standard InChI is InChI=1S/C43H37N5O8S3/c1-57-23-31-24-58-41-35(40(52)48(41)36(31)42(53)56-38(29-18-10-4-11-19-29)30-20-12-5-13-21-30)46-39(51)34(32-25-59-43(45-32)44-26-49)47-54-22-33(50)55-37(27-14-6-2-7-15-27)28-16-8-3-9-17-28/h2-21,25-26,35,37-38,41H,22-24H2,1H3,(H,46,51)(H,44,45,49)/t35?,41-/m0/s1. The minimum Gasteiger partial charge on any atom is -0.450 e. The highest BCUT2D eigenvalue weighted by Gasteiger charge is 2.55. The van der Waals surface area contributed by atoms with Crippen LogP contribution in [0.25, 0.3) is 0 Å². The van der Waals surface area contributed by atoms with Crippen LogP contribution in [0.3, 0.4) is 0 Å². The van der Waals surface area contributed by atoms with E-state index in [-0.39, 0.29) is 22.2 Å². The molecule has 0 aliphatic carbocycles. The van der Waals surface area contributed by atoms with Gasteiger partial charge < -0.3 is 24.9 Å².